The van der Waals surface area contributed by atoms with E-state index in [0.29, 0.717) is 0 Å². The molecule has 1 aromatic heterocycles. The Morgan fingerprint density at radius 3 is 2.33 bits per heavy atom. The number of hydrogen-bond acceptors (Lipinski definition) is 1. The summed E-state index contributed by atoms with van der Waals surface area (Å²) in [4.78, 5) is 15.9. The number of aromatic nitrogens is 2. The number of nitrogens with one attached hydrogen (secondary N) is 2. The molecule has 9 heavy (non-hydrogen) atoms. The minimum atomic E-state index is -0.107. The summed E-state index contributed by atoms with van der Waals surface area (Å²) in [5.41, 5.74) is 1.84. The molecule has 50 valence electrons. The fourth-order valence-corrected chi connectivity index (χ4v) is 0.861. The third-order valence-corrected chi connectivity index (χ3v) is 1.37. The van der Waals surface area contributed by atoms with Crippen molar-refractivity contribution < 1.29 is 0 Å². The summed E-state index contributed by atoms with van der Waals surface area (Å²) >= 11 is 0. The first-order chi connectivity index (χ1) is 4.24. The Labute approximate surface area is 53.1 Å². The Balaban J connectivity index is 3.16. The average Bonchev–Trinajstić information content (AvgIpc) is 2.10. The van der Waals surface area contributed by atoms with Gasteiger partial charge in [-0.1, -0.05) is 6.92 Å². The van der Waals surface area contributed by atoms with Crippen LogP contribution in [0.2, 0.25) is 0 Å². The second kappa shape index (κ2) is 2.09. The van der Waals surface area contributed by atoms with Crippen LogP contribution in [0.25, 0.3) is 0 Å². The average molecular weight is 126 g/mol. The summed E-state index contributed by atoms with van der Waals surface area (Å²) in [5.74, 6) is 0. The van der Waals surface area contributed by atoms with Crippen molar-refractivity contribution >= 4 is 0 Å². The van der Waals surface area contributed by atoms with Crippen molar-refractivity contribution in [3.63, 3.8) is 0 Å². The van der Waals surface area contributed by atoms with Crippen LogP contribution in [0.3, 0.4) is 0 Å². The number of rotatable bonds is 1. The number of aryl methyl sites for hydroxylation is 2. The van der Waals surface area contributed by atoms with E-state index in [9.17, 15) is 4.79 Å². The van der Waals surface area contributed by atoms with Crippen LogP contribution in [-0.2, 0) is 6.42 Å². The van der Waals surface area contributed by atoms with Crippen LogP contribution < -0.4 is 5.69 Å². The van der Waals surface area contributed by atoms with E-state index < -0.39 is 0 Å². The van der Waals surface area contributed by atoms with Crippen molar-refractivity contribution in [1.82, 2.24) is 9.97 Å². The van der Waals surface area contributed by atoms with E-state index in [1.165, 1.54) is 0 Å². The van der Waals surface area contributed by atoms with E-state index in [1.807, 2.05) is 13.8 Å². The highest BCUT2D eigenvalue weighted by Crippen LogP contribution is 1.96. The summed E-state index contributed by atoms with van der Waals surface area (Å²) in [6.45, 7) is 3.89. The van der Waals surface area contributed by atoms with Crippen LogP contribution >= 0.6 is 0 Å². The lowest BCUT2D eigenvalue weighted by Crippen LogP contribution is -2.00. The zero-order chi connectivity index (χ0) is 6.85. The smallest absolute Gasteiger partial charge is 0.310 e. The number of H-pyrrole nitrogens is 2. The highest BCUT2D eigenvalue weighted by Gasteiger charge is 1.96. The molecule has 0 aliphatic heterocycles. The summed E-state index contributed by atoms with van der Waals surface area (Å²) in [5, 5.41) is 0. The number of hydrogen-bond donors (Lipinski definition) is 2. The second-order valence-electron chi connectivity index (χ2n) is 2.04. The van der Waals surface area contributed by atoms with E-state index in [2.05, 4.69) is 9.97 Å². The molecule has 0 unspecified atom stereocenters. The second-order valence-corrected chi connectivity index (χ2v) is 2.04. The molecule has 2 N–H and O–H groups in total. The first kappa shape index (κ1) is 6.13. The zero-order valence-corrected chi connectivity index (χ0v) is 5.62. The Bertz CT molecular complexity index is 246. The SMILES string of the molecule is CCc1[nH]c(=O)[nH]c1C. The lowest BCUT2D eigenvalue weighted by molar-refractivity contribution is 1.03. The topological polar surface area (TPSA) is 48.6 Å². The first-order valence-corrected chi connectivity index (χ1v) is 3.01. The predicted octanol–water partition coefficient (Wildman–Crippen LogP) is 0.574. The van der Waals surface area contributed by atoms with Crippen molar-refractivity contribution in [2.45, 2.75) is 20.3 Å². The number of imidazole rings is 1. The van der Waals surface area contributed by atoms with E-state index in [1.54, 1.807) is 0 Å². The minimum Gasteiger partial charge on any atom is -0.310 e. The first-order valence-electron chi connectivity index (χ1n) is 3.01. The van der Waals surface area contributed by atoms with Gasteiger partial charge in [0.1, 0.15) is 0 Å². The van der Waals surface area contributed by atoms with Gasteiger partial charge in [-0.15, -0.1) is 0 Å². The van der Waals surface area contributed by atoms with Crippen molar-refractivity contribution in [3.8, 4) is 0 Å². The van der Waals surface area contributed by atoms with Crippen molar-refractivity contribution in [2.24, 2.45) is 0 Å². The molecule has 0 spiro atoms. The molecule has 3 nitrogen and oxygen atoms in total. The molecule has 1 heterocycles. The van der Waals surface area contributed by atoms with Crippen molar-refractivity contribution in [3.05, 3.63) is 21.9 Å². The molecule has 0 atom stereocenters. The van der Waals surface area contributed by atoms with E-state index in [0.717, 1.165) is 17.8 Å². The van der Waals surface area contributed by atoms with Gasteiger partial charge in [0, 0.05) is 11.4 Å². The van der Waals surface area contributed by atoms with E-state index >= 15 is 0 Å². The lowest BCUT2D eigenvalue weighted by atomic mass is 10.3. The van der Waals surface area contributed by atoms with Gasteiger partial charge in [-0.2, -0.15) is 0 Å². The maximum atomic E-state index is 10.6. The van der Waals surface area contributed by atoms with Gasteiger partial charge in [0.2, 0.25) is 0 Å². The molecular weight excluding hydrogens is 116 g/mol. The highest BCUT2D eigenvalue weighted by molar-refractivity contribution is 5.07. The molecule has 0 fully saturated rings. The van der Waals surface area contributed by atoms with Crippen molar-refractivity contribution in [2.75, 3.05) is 0 Å². The Kier molecular flexibility index (Phi) is 1.42. The molecule has 0 radical (unpaired) electrons. The van der Waals surface area contributed by atoms with Crippen LogP contribution in [0.4, 0.5) is 0 Å². The standard InChI is InChI=1S/C6H10N2O/c1-3-5-4(2)7-6(9)8-5/h3H2,1-2H3,(H2,7,8,9). The molecule has 1 rings (SSSR count). The van der Waals surface area contributed by atoms with Crippen molar-refractivity contribution in [1.29, 1.82) is 0 Å². The molecule has 0 saturated heterocycles. The molecule has 3 heteroatoms. The van der Waals surface area contributed by atoms with Gasteiger partial charge in [0.25, 0.3) is 0 Å². The fourth-order valence-electron chi connectivity index (χ4n) is 0.861. The Morgan fingerprint density at radius 1 is 1.44 bits per heavy atom. The highest BCUT2D eigenvalue weighted by atomic mass is 16.1. The third kappa shape index (κ3) is 1.04. The fraction of sp³-hybridized carbons (Fsp3) is 0.500. The van der Waals surface area contributed by atoms with Gasteiger partial charge in [-0.3, -0.25) is 0 Å². The van der Waals surface area contributed by atoms with Crippen LogP contribution in [0.15, 0.2) is 4.79 Å². The number of aromatic amines is 2. The predicted molar refractivity (Wildman–Crippen MR) is 35.5 cm³/mol. The van der Waals surface area contributed by atoms with Gasteiger partial charge in [0.05, 0.1) is 0 Å². The normalized spacial score (nSPS) is 10.0. The zero-order valence-electron chi connectivity index (χ0n) is 5.62. The van der Waals surface area contributed by atoms with Gasteiger partial charge in [-0.25, -0.2) is 4.79 Å². The molecule has 0 aliphatic rings. The molecule has 1 aromatic rings. The van der Waals surface area contributed by atoms with Crippen LogP contribution in [-0.4, -0.2) is 9.97 Å². The molecule has 0 aliphatic carbocycles. The maximum Gasteiger partial charge on any atom is 0.323 e. The molecule has 0 amide bonds. The lowest BCUT2D eigenvalue weighted by Gasteiger charge is -1.87. The van der Waals surface area contributed by atoms with E-state index in [-0.39, 0.29) is 5.69 Å². The third-order valence-electron chi connectivity index (χ3n) is 1.37. The van der Waals surface area contributed by atoms with Gasteiger partial charge in [0.15, 0.2) is 0 Å². The molecule has 0 saturated carbocycles. The van der Waals surface area contributed by atoms with E-state index in [4.69, 9.17) is 0 Å². The largest absolute Gasteiger partial charge is 0.323 e. The maximum absolute atomic E-state index is 10.6. The molecule has 0 aromatic carbocycles. The summed E-state index contributed by atoms with van der Waals surface area (Å²) in [6, 6.07) is 0. The summed E-state index contributed by atoms with van der Waals surface area (Å²) in [7, 11) is 0. The van der Waals surface area contributed by atoms with Gasteiger partial charge >= 0.3 is 5.69 Å². The van der Waals surface area contributed by atoms with Gasteiger partial charge < -0.3 is 9.97 Å². The minimum absolute atomic E-state index is 0.107. The Hall–Kier alpha value is -0.990. The summed E-state index contributed by atoms with van der Waals surface area (Å²) < 4.78 is 0. The monoisotopic (exact) mass is 126 g/mol. The quantitative estimate of drug-likeness (QED) is 0.568. The van der Waals surface area contributed by atoms with Crippen LogP contribution in [0.5, 0.6) is 0 Å². The van der Waals surface area contributed by atoms with Crippen LogP contribution in [0.1, 0.15) is 18.3 Å². The Morgan fingerprint density at radius 2 is 2.11 bits per heavy atom. The van der Waals surface area contributed by atoms with Crippen LogP contribution in [0, 0.1) is 6.92 Å². The summed E-state index contributed by atoms with van der Waals surface area (Å²) in [6.07, 6.45) is 0.880. The van der Waals surface area contributed by atoms with Gasteiger partial charge in [-0.05, 0) is 13.3 Å². The molecule has 0 bridgehead atoms. The molecular formula is C6H10N2O.